The molecule has 0 amide bonds. The van der Waals surface area contributed by atoms with E-state index in [0.717, 1.165) is 56.1 Å². The van der Waals surface area contributed by atoms with E-state index >= 15 is 0 Å². The fourth-order valence-corrected chi connectivity index (χ4v) is 3.89. The van der Waals surface area contributed by atoms with Crippen LogP contribution in [0.5, 0.6) is 11.5 Å². The molecule has 0 unspecified atom stereocenters. The maximum Gasteiger partial charge on any atom is 0.123 e. The molecule has 1 saturated carbocycles. The van der Waals surface area contributed by atoms with Gasteiger partial charge >= 0.3 is 0 Å². The highest BCUT2D eigenvalue weighted by Crippen LogP contribution is 2.47. The lowest BCUT2D eigenvalue weighted by Crippen LogP contribution is -2.21. The van der Waals surface area contributed by atoms with Crippen LogP contribution in [0.25, 0.3) is 0 Å². The van der Waals surface area contributed by atoms with Gasteiger partial charge in [0.05, 0.1) is 0 Å². The molecule has 0 radical (unpaired) electrons. The molecule has 2 N–H and O–H groups in total. The van der Waals surface area contributed by atoms with Gasteiger partial charge in [-0.3, -0.25) is 0 Å². The second kappa shape index (κ2) is 7.72. The predicted octanol–water partition coefficient (Wildman–Crippen LogP) is 5.85. The zero-order valence-electron chi connectivity index (χ0n) is 14.6. The van der Waals surface area contributed by atoms with Gasteiger partial charge in [-0.2, -0.15) is 0 Å². The van der Waals surface area contributed by atoms with Gasteiger partial charge in [-0.1, -0.05) is 44.1 Å². The van der Waals surface area contributed by atoms with Crippen molar-refractivity contribution in [1.82, 2.24) is 0 Å². The Morgan fingerprint density at radius 3 is 2.65 bits per heavy atom. The number of aryl methyl sites for hydroxylation is 1. The highest BCUT2D eigenvalue weighted by Gasteiger charge is 2.32. The quantitative estimate of drug-likeness (QED) is 0.511. The summed E-state index contributed by atoms with van der Waals surface area (Å²) in [7, 11) is 0. The number of unbranched alkanes of at least 4 members (excludes halogenated alkanes) is 2. The first-order chi connectivity index (χ1) is 10.9. The summed E-state index contributed by atoms with van der Waals surface area (Å²) >= 11 is 0. The van der Waals surface area contributed by atoms with E-state index in [1.54, 1.807) is 0 Å². The smallest absolute Gasteiger partial charge is 0.123 e. The highest BCUT2D eigenvalue weighted by molar-refractivity contribution is 5.49. The summed E-state index contributed by atoms with van der Waals surface area (Å²) in [6.07, 6.45) is 7.29. The monoisotopic (exact) mass is 314 g/mol. The molecular formula is C21H30O2. The Balaban J connectivity index is 2.41. The first-order valence-corrected chi connectivity index (χ1v) is 8.80. The summed E-state index contributed by atoms with van der Waals surface area (Å²) in [5.41, 5.74) is 4.52. The van der Waals surface area contributed by atoms with Gasteiger partial charge in [0.2, 0.25) is 0 Å². The number of aromatic hydroxyl groups is 2. The number of benzene rings is 1. The molecule has 1 aromatic rings. The molecule has 1 aliphatic carbocycles. The topological polar surface area (TPSA) is 40.5 Å². The Labute approximate surface area is 140 Å². The molecule has 0 heterocycles. The third-order valence-corrected chi connectivity index (χ3v) is 5.09. The van der Waals surface area contributed by atoms with Crippen LogP contribution in [0.3, 0.4) is 0 Å². The van der Waals surface area contributed by atoms with Gasteiger partial charge in [0.1, 0.15) is 11.5 Å². The molecule has 0 aliphatic heterocycles. The molecule has 0 spiro atoms. The minimum absolute atomic E-state index is 0.152. The fraction of sp³-hybridized carbons (Fsp3) is 0.524. The number of rotatable bonds is 6. The number of hydrogen-bond acceptors (Lipinski definition) is 2. The Bertz CT molecular complexity index is 586. The zero-order valence-corrected chi connectivity index (χ0v) is 14.6. The SMILES string of the molecule is C=C1CC[C@@H](C(=C)C)[C@H](c2c(O)cc(O)cc2CCCCC)C1. The van der Waals surface area contributed by atoms with Crippen molar-refractivity contribution in [1.29, 1.82) is 0 Å². The maximum absolute atomic E-state index is 10.5. The Kier molecular flexibility index (Phi) is 5.92. The highest BCUT2D eigenvalue weighted by atomic mass is 16.3. The van der Waals surface area contributed by atoms with Crippen LogP contribution in [0.1, 0.15) is 69.4 Å². The lowest BCUT2D eigenvalue weighted by molar-refractivity contribution is 0.379. The standard InChI is InChI=1S/C21H30O2/c1-5-6-7-8-16-12-17(22)13-20(23)21(16)19-11-15(4)9-10-18(19)14(2)3/h12-13,18-19,22-23H,2,4-11H2,1,3H3/t18-,19+/m0/s1. The van der Waals surface area contributed by atoms with E-state index in [4.69, 9.17) is 0 Å². The number of phenols is 2. The molecule has 23 heavy (non-hydrogen) atoms. The fourth-order valence-electron chi connectivity index (χ4n) is 3.89. The van der Waals surface area contributed by atoms with Crippen LogP contribution in [0.4, 0.5) is 0 Å². The Hall–Kier alpha value is -1.70. The largest absolute Gasteiger partial charge is 0.508 e. The van der Waals surface area contributed by atoms with Crippen molar-refractivity contribution in [2.75, 3.05) is 0 Å². The van der Waals surface area contributed by atoms with Gasteiger partial charge in [-0.25, -0.2) is 0 Å². The van der Waals surface area contributed by atoms with Crippen molar-refractivity contribution in [3.63, 3.8) is 0 Å². The van der Waals surface area contributed by atoms with Crippen LogP contribution in [0.15, 0.2) is 36.4 Å². The average Bonchev–Trinajstić information content (AvgIpc) is 2.46. The zero-order chi connectivity index (χ0) is 17.0. The second-order valence-electron chi connectivity index (χ2n) is 7.05. The lowest BCUT2D eigenvalue weighted by Gasteiger charge is -2.35. The minimum atomic E-state index is 0.152. The molecule has 0 saturated heterocycles. The van der Waals surface area contributed by atoms with E-state index in [1.807, 2.05) is 6.07 Å². The van der Waals surface area contributed by atoms with Gasteiger partial charge in [0, 0.05) is 11.6 Å². The first-order valence-electron chi connectivity index (χ1n) is 8.80. The first kappa shape index (κ1) is 17.7. The average molecular weight is 314 g/mol. The molecular weight excluding hydrogens is 284 g/mol. The number of hydrogen-bond donors (Lipinski definition) is 2. The third-order valence-electron chi connectivity index (χ3n) is 5.09. The maximum atomic E-state index is 10.5. The van der Waals surface area contributed by atoms with E-state index in [2.05, 4.69) is 27.0 Å². The van der Waals surface area contributed by atoms with E-state index < -0.39 is 0 Å². The van der Waals surface area contributed by atoms with Gasteiger partial charge < -0.3 is 10.2 Å². The van der Waals surface area contributed by atoms with Crippen molar-refractivity contribution < 1.29 is 10.2 Å². The lowest BCUT2D eigenvalue weighted by atomic mass is 9.69. The minimum Gasteiger partial charge on any atom is -0.508 e. The van der Waals surface area contributed by atoms with Gasteiger partial charge in [-0.15, -0.1) is 0 Å². The van der Waals surface area contributed by atoms with E-state index in [9.17, 15) is 10.2 Å². The summed E-state index contributed by atoms with van der Waals surface area (Å²) in [6.45, 7) is 12.6. The van der Waals surface area contributed by atoms with Crippen molar-refractivity contribution in [3.8, 4) is 11.5 Å². The molecule has 2 atom stereocenters. The molecule has 1 aromatic carbocycles. The van der Waals surface area contributed by atoms with Crippen LogP contribution in [-0.4, -0.2) is 10.2 Å². The normalized spacial score (nSPS) is 21.4. The second-order valence-corrected chi connectivity index (χ2v) is 7.05. The summed E-state index contributed by atoms with van der Waals surface area (Å²) < 4.78 is 0. The molecule has 2 rings (SSSR count). The van der Waals surface area contributed by atoms with Gasteiger partial charge in [-0.05, 0) is 62.5 Å². The van der Waals surface area contributed by atoms with Crippen LogP contribution in [-0.2, 0) is 6.42 Å². The molecule has 2 heteroatoms. The van der Waals surface area contributed by atoms with Crippen LogP contribution < -0.4 is 0 Å². The van der Waals surface area contributed by atoms with E-state index in [-0.39, 0.29) is 17.4 Å². The Morgan fingerprint density at radius 1 is 1.26 bits per heavy atom. The third kappa shape index (κ3) is 4.19. The summed E-state index contributed by atoms with van der Waals surface area (Å²) in [6, 6.07) is 3.31. The number of phenolic OH excluding ortho intramolecular Hbond substituents is 2. The van der Waals surface area contributed by atoms with Crippen molar-refractivity contribution in [2.45, 2.75) is 64.7 Å². The molecule has 1 fully saturated rings. The van der Waals surface area contributed by atoms with Crippen LogP contribution >= 0.6 is 0 Å². The van der Waals surface area contributed by atoms with Crippen molar-refractivity contribution >= 4 is 0 Å². The summed E-state index contributed by atoms with van der Waals surface area (Å²) in [4.78, 5) is 0. The molecule has 1 aliphatic rings. The summed E-state index contributed by atoms with van der Waals surface area (Å²) in [5, 5.41) is 20.5. The molecule has 2 nitrogen and oxygen atoms in total. The van der Waals surface area contributed by atoms with E-state index in [1.165, 1.54) is 17.2 Å². The van der Waals surface area contributed by atoms with Crippen LogP contribution in [0, 0.1) is 5.92 Å². The van der Waals surface area contributed by atoms with Crippen molar-refractivity contribution in [2.24, 2.45) is 5.92 Å². The van der Waals surface area contributed by atoms with Crippen molar-refractivity contribution in [3.05, 3.63) is 47.6 Å². The van der Waals surface area contributed by atoms with E-state index in [0.29, 0.717) is 5.92 Å². The summed E-state index contributed by atoms with van der Waals surface area (Å²) in [5.74, 6) is 0.980. The number of allylic oxidation sites excluding steroid dienone is 2. The van der Waals surface area contributed by atoms with Gasteiger partial charge in [0.25, 0.3) is 0 Å². The molecule has 0 aromatic heterocycles. The molecule has 126 valence electrons. The predicted molar refractivity (Wildman–Crippen MR) is 97.0 cm³/mol. The molecule has 0 bridgehead atoms. The van der Waals surface area contributed by atoms with Crippen LogP contribution in [0.2, 0.25) is 0 Å². The Morgan fingerprint density at radius 2 is 2.00 bits per heavy atom. The van der Waals surface area contributed by atoms with Gasteiger partial charge in [0.15, 0.2) is 0 Å².